The Hall–Kier alpha value is -1.60. The molecule has 1 aromatic carbocycles. The molecule has 1 heterocycles. The van der Waals surface area contributed by atoms with E-state index in [1.54, 1.807) is 18.3 Å². The van der Waals surface area contributed by atoms with Crippen LogP contribution in [0.5, 0.6) is 5.75 Å². The van der Waals surface area contributed by atoms with Crippen LogP contribution in [0.1, 0.15) is 0 Å². The van der Waals surface area contributed by atoms with Crippen molar-refractivity contribution in [3.05, 3.63) is 34.2 Å². The van der Waals surface area contributed by atoms with E-state index < -0.39 is 6.03 Å². The van der Waals surface area contributed by atoms with Gasteiger partial charge in [-0.1, -0.05) is 11.3 Å². The van der Waals surface area contributed by atoms with Crippen molar-refractivity contribution >= 4 is 44.1 Å². The largest absolute Gasteiger partial charge is 0.508 e. The summed E-state index contributed by atoms with van der Waals surface area (Å²) in [4.78, 5) is 16.8. The third-order valence-electron chi connectivity index (χ3n) is 1.98. The molecule has 17 heavy (non-hydrogen) atoms. The lowest BCUT2D eigenvalue weighted by Crippen LogP contribution is -2.31. The molecule has 88 valence electrons. The number of anilines is 2. The van der Waals surface area contributed by atoms with Crippen LogP contribution in [0, 0.1) is 0 Å². The standard InChI is InChI=1S/C10H8BrN3O2S/c11-8-5-13-10(17-8)14(9(12)16)6-1-3-7(15)4-2-6/h1-5,15H,(H2,12,16). The highest BCUT2D eigenvalue weighted by Gasteiger charge is 2.18. The number of thiazole rings is 1. The molecule has 0 radical (unpaired) electrons. The van der Waals surface area contributed by atoms with E-state index in [9.17, 15) is 9.90 Å². The fourth-order valence-corrected chi connectivity index (χ4v) is 2.49. The second kappa shape index (κ2) is 4.72. The Morgan fingerprint density at radius 1 is 1.41 bits per heavy atom. The van der Waals surface area contributed by atoms with E-state index in [4.69, 9.17) is 5.73 Å². The van der Waals surface area contributed by atoms with Gasteiger partial charge in [-0.3, -0.25) is 0 Å². The van der Waals surface area contributed by atoms with Gasteiger partial charge in [0, 0.05) is 0 Å². The second-order valence-electron chi connectivity index (χ2n) is 3.14. The van der Waals surface area contributed by atoms with Crippen LogP contribution in [-0.2, 0) is 0 Å². The fourth-order valence-electron chi connectivity index (χ4n) is 1.28. The highest BCUT2D eigenvalue weighted by atomic mass is 79.9. The van der Waals surface area contributed by atoms with Gasteiger partial charge in [0.1, 0.15) is 5.75 Å². The quantitative estimate of drug-likeness (QED) is 0.894. The van der Waals surface area contributed by atoms with Crippen LogP contribution in [0.4, 0.5) is 15.6 Å². The first-order valence-corrected chi connectivity index (χ1v) is 6.19. The van der Waals surface area contributed by atoms with Gasteiger partial charge in [0.25, 0.3) is 0 Å². The summed E-state index contributed by atoms with van der Waals surface area (Å²) < 4.78 is 0.803. The molecule has 3 N–H and O–H groups in total. The van der Waals surface area contributed by atoms with Gasteiger partial charge in [-0.2, -0.15) is 0 Å². The lowest BCUT2D eigenvalue weighted by Gasteiger charge is -2.16. The molecule has 2 rings (SSSR count). The lowest BCUT2D eigenvalue weighted by atomic mass is 10.3. The molecule has 0 aliphatic carbocycles. The van der Waals surface area contributed by atoms with Crippen LogP contribution in [0.2, 0.25) is 0 Å². The van der Waals surface area contributed by atoms with Crippen molar-refractivity contribution in [2.24, 2.45) is 5.73 Å². The molecule has 0 spiro atoms. The maximum Gasteiger partial charge on any atom is 0.325 e. The summed E-state index contributed by atoms with van der Waals surface area (Å²) >= 11 is 4.56. The fraction of sp³-hybridized carbons (Fsp3) is 0. The number of benzene rings is 1. The van der Waals surface area contributed by atoms with Crippen molar-refractivity contribution in [3.8, 4) is 5.75 Å². The number of carbonyl (C=O) groups is 1. The van der Waals surface area contributed by atoms with E-state index in [-0.39, 0.29) is 5.75 Å². The van der Waals surface area contributed by atoms with Crippen LogP contribution in [0.3, 0.4) is 0 Å². The molecular formula is C10H8BrN3O2S. The number of phenols is 1. The molecular weight excluding hydrogens is 306 g/mol. The number of urea groups is 1. The number of nitrogens with two attached hydrogens (primary N) is 1. The zero-order valence-electron chi connectivity index (χ0n) is 8.50. The Morgan fingerprint density at radius 3 is 2.53 bits per heavy atom. The Kier molecular flexibility index (Phi) is 3.30. The lowest BCUT2D eigenvalue weighted by molar-refractivity contribution is 0.256. The van der Waals surface area contributed by atoms with E-state index >= 15 is 0 Å². The van der Waals surface area contributed by atoms with Gasteiger partial charge in [-0.05, 0) is 40.2 Å². The monoisotopic (exact) mass is 313 g/mol. The summed E-state index contributed by atoms with van der Waals surface area (Å²) in [6.45, 7) is 0. The third-order valence-corrected chi connectivity index (χ3v) is 3.45. The van der Waals surface area contributed by atoms with E-state index in [2.05, 4.69) is 20.9 Å². The number of aromatic nitrogens is 1. The topological polar surface area (TPSA) is 79.5 Å². The van der Waals surface area contributed by atoms with Gasteiger partial charge in [0.15, 0.2) is 5.13 Å². The Bertz CT molecular complexity index is 541. The summed E-state index contributed by atoms with van der Waals surface area (Å²) in [6.07, 6.45) is 1.59. The van der Waals surface area contributed by atoms with Crippen molar-refractivity contribution in [1.82, 2.24) is 4.98 Å². The van der Waals surface area contributed by atoms with Crippen molar-refractivity contribution in [2.75, 3.05) is 4.90 Å². The normalized spacial score (nSPS) is 10.2. The number of hydrogen-bond donors (Lipinski definition) is 2. The van der Waals surface area contributed by atoms with E-state index in [0.29, 0.717) is 10.8 Å². The first-order chi connectivity index (χ1) is 8.08. The van der Waals surface area contributed by atoms with Gasteiger partial charge in [-0.15, -0.1) is 0 Å². The summed E-state index contributed by atoms with van der Waals surface area (Å²) in [6, 6.07) is 5.52. The Morgan fingerprint density at radius 2 is 2.06 bits per heavy atom. The molecule has 0 saturated heterocycles. The summed E-state index contributed by atoms with van der Waals surface area (Å²) in [5.41, 5.74) is 5.88. The minimum absolute atomic E-state index is 0.124. The SMILES string of the molecule is NC(=O)N(c1ccc(O)cc1)c1ncc(Br)s1. The number of nitrogens with zero attached hydrogens (tertiary/aromatic N) is 2. The molecule has 0 bridgehead atoms. The minimum Gasteiger partial charge on any atom is -0.508 e. The van der Waals surface area contributed by atoms with Gasteiger partial charge < -0.3 is 10.8 Å². The van der Waals surface area contributed by atoms with E-state index in [0.717, 1.165) is 3.79 Å². The molecule has 0 aliphatic rings. The molecule has 2 aromatic rings. The number of amides is 2. The predicted molar refractivity (Wildman–Crippen MR) is 69.6 cm³/mol. The number of aromatic hydroxyl groups is 1. The smallest absolute Gasteiger partial charge is 0.325 e. The summed E-state index contributed by atoms with van der Waals surface area (Å²) in [7, 11) is 0. The molecule has 2 amide bonds. The predicted octanol–water partition coefficient (Wildman–Crippen LogP) is 2.83. The molecule has 0 atom stereocenters. The summed E-state index contributed by atoms with van der Waals surface area (Å²) in [5, 5.41) is 9.66. The van der Waals surface area contributed by atoms with Gasteiger partial charge in [0.2, 0.25) is 0 Å². The molecule has 1 aromatic heterocycles. The van der Waals surface area contributed by atoms with Crippen LogP contribution in [0.25, 0.3) is 0 Å². The zero-order chi connectivity index (χ0) is 12.4. The maximum atomic E-state index is 11.4. The van der Waals surface area contributed by atoms with Crippen molar-refractivity contribution < 1.29 is 9.90 Å². The van der Waals surface area contributed by atoms with Crippen LogP contribution in [0.15, 0.2) is 34.2 Å². The molecule has 0 fully saturated rings. The van der Waals surface area contributed by atoms with Gasteiger partial charge in [-0.25, -0.2) is 14.7 Å². The van der Waals surface area contributed by atoms with Crippen LogP contribution in [-0.4, -0.2) is 16.1 Å². The van der Waals surface area contributed by atoms with Crippen LogP contribution < -0.4 is 10.6 Å². The van der Waals surface area contributed by atoms with Gasteiger partial charge in [0.05, 0.1) is 15.7 Å². The number of phenolic OH excluding ortho intramolecular Hbond substituents is 1. The van der Waals surface area contributed by atoms with E-state index in [1.165, 1.54) is 28.4 Å². The van der Waals surface area contributed by atoms with E-state index in [1.807, 2.05) is 0 Å². The van der Waals surface area contributed by atoms with Crippen molar-refractivity contribution in [2.45, 2.75) is 0 Å². The first-order valence-electron chi connectivity index (χ1n) is 4.58. The minimum atomic E-state index is -0.627. The zero-order valence-corrected chi connectivity index (χ0v) is 10.9. The molecule has 7 heteroatoms. The first kappa shape index (κ1) is 11.9. The third kappa shape index (κ3) is 2.56. The molecule has 0 aliphatic heterocycles. The number of carbonyl (C=O) groups excluding carboxylic acids is 1. The molecule has 0 saturated carbocycles. The Balaban J connectivity index is 2.42. The summed E-state index contributed by atoms with van der Waals surface area (Å²) in [5.74, 6) is 0.124. The second-order valence-corrected chi connectivity index (χ2v) is 5.53. The number of hydrogen-bond acceptors (Lipinski definition) is 4. The van der Waals surface area contributed by atoms with Crippen molar-refractivity contribution in [3.63, 3.8) is 0 Å². The average molecular weight is 314 g/mol. The molecule has 5 nitrogen and oxygen atoms in total. The van der Waals surface area contributed by atoms with Crippen LogP contribution >= 0.6 is 27.3 Å². The Labute approximate surface area is 110 Å². The molecule has 0 unspecified atom stereocenters. The number of rotatable bonds is 2. The van der Waals surface area contributed by atoms with Gasteiger partial charge >= 0.3 is 6.03 Å². The average Bonchev–Trinajstić information content (AvgIpc) is 2.68. The number of primary amides is 1. The highest BCUT2D eigenvalue weighted by molar-refractivity contribution is 9.11. The maximum absolute atomic E-state index is 11.4. The highest BCUT2D eigenvalue weighted by Crippen LogP contribution is 2.32. The van der Waals surface area contributed by atoms with Crippen molar-refractivity contribution in [1.29, 1.82) is 0 Å². The number of halogens is 1.